The summed E-state index contributed by atoms with van der Waals surface area (Å²) in [6, 6.07) is 9.95. The predicted octanol–water partition coefficient (Wildman–Crippen LogP) is 3.18. The van der Waals surface area contributed by atoms with Crippen molar-refractivity contribution in [2.45, 2.75) is 13.3 Å². The first-order chi connectivity index (χ1) is 12.7. The molecule has 0 bridgehead atoms. The molecular weight excluding hydrogens is 382 g/mol. The quantitative estimate of drug-likeness (QED) is 0.689. The zero-order valence-electron chi connectivity index (χ0n) is 15.9. The second-order valence-corrected chi connectivity index (χ2v) is 7.77. The Morgan fingerprint density at radius 1 is 1.26 bits per heavy atom. The Labute approximate surface area is 171 Å². The van der Waals surface area contributed by atoms with E-state index in [0.717, 1.165) is 72.3 Å². The van der Waals surface area contributed by atoms with Crippen molar-refractivity contribution in [3.63, 3.8) is 0 Å². The molecule has 1 aromatic carbocycles. The van der Waals surface area contributed by atoms with Crippen LogP contribution in [0.4, 0.5) is 0 Å². The van der Waals surface area contributed by atoms with Gasteiger partial charge in [0.2, 0.25) is 0 Å². The molecule has 27 heavy (non-hydrogen) atoms. The van der Waals surface area contributed by atoms with Crippen molar-refractivity contribution in [3.8, 4) is 16.9 Å². The van der Waals surface area contributed by atoms with E-state index in [9.17, 15) is 4.79 Å². The highest BCUT2D eigenvalue weighted by molar-refractivity contribution is 7.14. The predicted molar refractivity (Wildman–Crippen MR) is 115 cm³/mol. The number of carbonyl (C=O) groups excluding carboxylic acids is 1. The number of hydrogen-bond acceptors (Lipinski definition) is 5. The van der Waals surface area contributed by atoms with E-state index >= 15 is 0 Å². The van der Waals surface area contributed by atoms with E-state index in [4.69, 9.17) is 4.74 Å². The van der Waals surface area contributed by atoms with Crippen molar-refractivity contribution in [3.05, 3.63) is 40.1 Å². The van der Waals surface area contributed by atoms with E-state index in [1.165, 1.54) is 0 Å². The van der Waals surface area contributed by atoms with Crippen LogP contribution in [0.2, 0.25) is 0 Å². The summed E-state index contributed by atoms with van der Waals surface area (Å²) < 4.78 is 5.21. The maximum absolute atomic E-state index is 12.4. The van der Waals surface area contributed by atoms with Gasteiger partial charge in [-0.15, -0.1) is 23.7 Å². The lowest BCUT2D eigenvalue weighted by Gasteiger charge is -2.27. The van der Waals surface area contributed by atoms with Gasteiger partial charge >= 0.3 is 0 Å². The van der Waals surface area contributed by atoms with Crippen molar-refractivity contribution in [1.82, 2.24) is 15.5 Å². The summed E-state index contributed by atoms with van der Waals surface area (Å²) in [6.07, 6.45) is 0.988. The summed E-state index contributed by atoms with van der Waals surface area (Å²) in [7, 11) is 1.66. The van der Waals surface area contributed by atoms with Crippen molar-refractivity contribution >= 4 is 29.7 Å². The molecule has 2 N–H and O–H groups in total. The van der Waals surface area contributed by atoms with Gasteiger partial charge in [-0.2, -0.15) is 0 Å². The molecule has 1 aliphatic rings. The third-order valence-electron chi connectivity index (χ3n) is 4.69. The fourth-order valence-corrected chi connectivity index (χ4v) is 4.14. The molecule has 2 heterocycles. The monoisotopic (exact) mass is 409 g/mol. The van der Waals surface area contributed by atoms with Crippen LogP contribution in [0, 0.1) is 6.92 Å². The Morgan fingerprint density at radius 2 is 1.96 bits per heavy atom. The molecule has 0 atom stereocenters. The zero-order chi connectivity index (χ0) is 18.4. The van der Waals surface area contributed by atoms with E-state index < -0.39 is 0 Å². The van der Waals surface area contributed by atoms with E-state index in [-0.39, 0.29) is 18.3 Å². The number of methoxy groups -OCH3 is 1. The van der Waals surface area contributed by atoms with Crippen LogP contribution in [0.1, 0.15) is 21.0 Å². The van der Waals surface area contributed by atoms with Gasteiger partial charge < -0.3 is 20.3 Å². The minimum Gasteiger partial charge on any atom is -0.497 e. The molecule has 0 saturated carbocycles. The van der Waals surface area contributed by atoms with Gasteiger partial charge in [-0.05, 0) is 49.2 Å². The topological polar surface area (TPSA) is 53.6 Å². The van der Waals surface area contributed by atoms with Crippen molar-refractivity contribution in [2.24, 2.45) is 0 Å². The third-order valence-corrected chi connectivity index (χ3v) is 5.74. The second-order valence-electron chi connectivity index (χ2n) is 6.51. The summed E-state index contributed by atoms with van der Waals surface area (Å²) in [5.41, 5.74) is 2.22. The molecular formula is C20H28ClN3O2S. The van der Waals surface area contributed by atoms with Gasteiger partial charge in [-0.1, -0.05) is 12.1 Å². The Kier molecular flexibility index (Phi) is 8.57. The Hall–Kier alpha value is -1.60. The number of carbonyl (C=O) groups is 1. The Balaban J connectivity index is 0.00000261. The van der Waals surface area contributed by atoms with E-state index in [1.54, 1.807) is 18.4 Å². The van der Waals surface area contributed by atoms with Gasteiger partial charge in [-0.3, -0.25) is 4.79 Å². The zero-order valence-corrected chi connectivity index (χ0v) is 17.5. The maximum Gasteiger partial charge on any atom is 0.261 e. The molecule has 1 aromatic heterocycles. The van der Waals surface area contributed by atoms with Crippen molar-refractivity contribution < 1.29 is 9.53 Å². The van der Waals surface area contributed by atoms with Crippen LogP contribution in [-0.2, 0) is 0 Å². The average molecular weight is 410 g/mol. The highest BCUT2D eigenvalue weighted by Gasteiger charge is 2.14. The van der Waals surface area contributed by atoms with Crippen LogP contribution < -0.4 is 15.4 Å². The number of piperazine rings is 1. The number of benzene rings is 1. The summed E-state index contributed by atoms with van der Waals surface area (Å²) in [5, 5.41) is 6.41. The first kappa shape index (κ1) is 21.7. The van der Waals surface area contributed by atoms with Gasteiger partial charge in [-0.25, -0.2) is 0 Å². The molecule has 0 spiro atoms. The molecule has 1 amide bonds. The fraction of sp³-hybridized carbons (Fsp3) is 0.450. The Morgan fingerprint density at radius 3 is 2.63 bits per heavy atom. The number of nitrogens with one attached hydrogen (secondary N) is 2. The molecule has 0 unspecified atom stereocenters. The first-order valence-electron chi connectivity index (χ1n) is 9.13. The number of thiophene rings is 1. The minimum atomic E-state index is 0. The SMILES string of the molecule is COc1ccc(-c2cc(C(=O)NCCCN3CCNCC3)sc2C)cc1.Cl. The lowest BCUT2D eigenvalue weighted by molar-refractivity contribution is 0.0955. The van der Waals surface area contributed by atoms with Crippen molar-refractivity contribution in [2.75, 3.05) is 46.4 Å². The lowest BCUT2D eigenvalue weighted by Crippen LogP contribution is -2.44. The lowest BCUT2D eigenvalue weighted by atomic mass is 10.1. The second kappa shape index (κ2) is 10.7. The van der Waals surface area contributed by atoms with Crippen LogP contribution in [0.3, 0.4) is 0 Å². The summed E-state index contributed by atoms with van der Waals surface area (Å²) >= 11 is 1.55. The van der Waals surface area contributed by atoms with Gasteiger partial charge in [0.15, 0.2) is 0 Å². The smallest absolute Gasteiger partial charge is 0.261 e. The highest BCUT2D eigenvalue weighted by Crippen LogP contribution is 2.31. The van der Waals surface area contributed by atoms with E-state index in [2.05, 4.69) is 22.5 Å². The molecule has 2 aromatic rings. The molecule has 3 rings (SSSR count). The summed E-state index contributed by atoms with van der Waals surface area (Å²) in [5.74, 6) is 0.863. The average Bonchev–Trinajstić information content (AvgIpc) is 3.08. The van der Waals surface area contributed by atoms with Crippen LogP contribution in [0.5, 0.6) is 5.75 Å². The fourth-order valence-electron chi connectivity index (χ4n) is 3.18. The molecule has 1 fully saturated rings. The molecule has 148 valence electrons. The van der Waals surface area contributed by atoms with E-state index in [0.29, 0.717) is 0 Å². The molecule has 0 aliphatic carbocycles. The van der Waals surface area contributed by atoms with Gasteiger partial charge in [0.25, 0.3) is 5.91 Å². The van der Waals surface area contributed by atoms with Gasteiger partial charge in [0.05, 0.1) is 12.0 Å². The van der Waals surface area contributed by atoms with Crippen LogP contribution in [0.15, 0.2) is 30.3 Å². The molecule has 5 nitrogen and oxygen atoms in total. The van der Waals surface area contributed by atoms with Gasteiger partial charge in [0, 0.05) is 37.6 Å². The molecule has 0 radical (unpaired) electrons. The van der Waals surface area contributed by atoms with Crippen LogP contribution >= 0.6 is 23.7 Å². The number of halogens is 1. The number of nitrogens with zero attached hydrogens (tertiary/aromatic N) is 1. The van der Waals surface area contributed by atoms with Crippen LogP contribution in [0.25, 0.3) is 11.1 Å². The number of amides is 1. The Bertz CT molecular complexity index is 727. The highest BCUT2D eigenvalue weighted by atomic mass is 35.5. The summed E-state index contributed by atoms with van der Waals surface area (Å²) in [4.78, 5) is 16.8. The molecule has 1 aliphatic heterocycles. The van der Waals surface area contributed by atoms with E-state index in [1.807, 2.05) is 30.3 Å². The normalized spacial score (nSPS) is 14.4. The van der Waals surface area contributed by atoms with Gasteiger partial charge in [0.1, 0.15) is 5.75 Å². The number of aryl methyl sites for hydroxylation is 1. The van der Waals surface area contributed by atoms with Crippen LogP contribution in [-0.4, -0.2) is 57.2 Å². The third kappa shape index (κ3) is 5.94. The first-order valence-corrected chi connectivity index (χ1v) is 9.95. The minimum absolute atomic E-state index is 0. The summed E-state index contributed by atoms with van der Waals surface area (Å²) in [6.45, 7) is 8.15. The standard InChI is InChI=1S/C20H27N3O2S.ClH/c1-15-18(16-4-6-17(25-2)7-5-16)14-19(26-15)20(24)22-8-3-11-23-12-9-21-10-13-23;/h4-7,14,21H,3,8-13H2,1-2H3,(H,22,24);1H. The number of ether oxygens (including phenoxy) is 1. The number of hydrogen-bond donors (Lipinski definition) is 2. The largest absolute Gasteiger partial charge is 0.497 e. The number of rotatable bonds is 7. The van der Waals surface area contributed by atoms with Crippen molar-refractivity contribution in [1.29, 1.82) is 0 Å². The molecule has 1 saturated heterocycles. The maximum atomic E-state index is 12.4. The molecule has 7 heteroatoms.